The van der Waals surface area contributed by atoms with Crippen molar-refractivity contribution < 1.29 is 29.7 Å². The highest BCUT2D eigenvalue weighted by Gasteiger charge is 2.61. The minimum atomic E-state index is -0.779. The number of carboxylic acid groups (broad SMARTS) is 3. The molecule has 6 nitrogen and oxygen atoms in total. The molecule has 8 atom stereocenters. The summed E-state index contributed by atoms with van der Waals surface area (Å²) >= 11 is 0. The predicted molar refractivity (Wildman–Crippen MR) is 112 cm³/mol. The molecule has 0 aromatic carbocycles. The molecule has 3 rings (SSSR count). The number of carbonyl (C=O) groups is 3. The molecule has 30 heavy (non-hydrogen) atoms. The van der Waals surface area contributed by atoms with E-state index >= 15 is 0 Å². The van der Waals surface area contributed by atoms with Crippen molar-refractivity contribution in [2.45, 2.75) is 85.0 Å². The molecule has 0 saturated heterocycles. The molecular weight excluding hydrogens is 384 g/mol. The summed E-state index contributed by atoms with van der Waals surface area (Å²) in [4.78, 5) is 35.7. The average molecular weight is 423 g/mol. The van der Waals surface area contributed by atoms with Crippen LogP contribution in [0.4, 0.5) is 0 Å². The van der Waals surface area contributed by atoms with E-state index < -0.39 is 35.2 Å². The zero-order chi connectivity index (χ0) is 22.3. The van der Waals surface area contributed by atoms with Crippen LogP contribution < -0.4 is 0 Å². The summed E-state index contributed by atoms with van der Waals surface area (Å²) in [7, 11) is 0. The van der Waals surface area contributed by atoms with Crippen LogP contribution in [0.1, 0.15) is 85.0 Å². The van der Waals surface area contributed by atoms with E-state index in [1.807, 2.05) is 6.92 Å². The Bertz CT molecular complexity index is 689. The lowest BCUT2D eigenvalue weighted by atomic mass is 9.48. The molecule has 0 unspecified atom stereocenters. The Labute approximate surface area is 179 Å². The van der Waals surface area contributed by atoms with E-state index in [0.717, 1.165) is 44.9 Å². The van der Waals surface area contributed by atoms with Crippen LogP contribution in [0.3, 0.4) is 0 Å². The van der Waals surface area contributed by atoms with Gasteiger partial charge in [0.05, 0.1) is 11.8 Å². The highest BCUT2D eigenvalue weighted by atomic mass is 16.4. The standard InChI is InChI=1S/C24H38O6/c1-14(7-10-19(25)26)15-8-9-16-20(22(29)30)17(11-13-24(15,16)3)23(2)12-5-4-6-18(23)21(27)28/h14-18,20H,4-13H2,1-3H3,(H,25,26)(H,27,28)(H,29,30)/t14-,15-,16+,17+,18-,20+,23+,24+/m0/s1. The summed E-state index contributed by atoms with van der Waals surface area (Å²) in [6.07, 6.45) is 7.55. The highest BCUT2D eigenvalue weighted by molar-refractivity contribution is 5.73. The molecule has 0 spiro atoms. The van der Waals surface area contributed by atoms with Gasteiger partial charge in [-0.3, -0.25) is 14.4 Å². The molecule has 6 heteroatoms. The molecule has 3 fully saturated rings. The second-order valence-electron chi connectivity index (χ2n) is 10.9. The van der Waals surface area contributed by atoms with Crippen LogP contribution in [0.15, 0.2) is 0 Å². The molecular formula is C24H38O6. The highest BCUT2D eigenvalue weighted by Crippen LogP contribution is 2.65. The number of rotatable bonds is 7. The smallest absolute Gasteiger partial charge is 0.307 e. The third-order valence-corrected chi connectivity index (χ3v) is 9.53. The zero-order valence-corrected chi connectivity index (χ0v) is 18.6. The van der Waals surface area contributed by atoms with Gasteiger partial charge in [-0.1, -0.05) is 33.6 Å². The number of fused-ring (bicyclic) bond motifs is 1. The number of carboxylic acids is 3. The normalized spacial score (nSPS) is 42.3. The van der Waals surface area contributed by atoms with Gasteiger partial charge < -0.3 is 15.3 Å². The fraction of sp³-hybridized carbons (Fsp3) is 0.875. The predicted octanol–water partition coefficient (Wildman–Crippen LogP) is 4.91. The van der Waals surface area contributed by atoms with E-state index in [1.54, 1.807) is 0 Å². The van der Waals surface area contributed by atoms with Crippen molar-refractivity contribution in [3.63, 3.8) is 0 Å². The van der Waals surface area contributed by atoms with Crippen molar-refractivity contribution in [2.24, 2.45) is 46.3 Å². The van der Waals surface area contributed by atoms with Crippen molar-refractivity contribution in [1.82, 2.24) is 0 Å². The lowest BCUT2D eigenvalue weighted by molar-refractivity contribution is -0.168. The molecule has 0 amide bonds. The number of aliphatic carboxylic acids is 3. The fourth-order valence-electron chi connectivity index (χ4n) is 7.96. The monoisotopic (exact) mass is 422 g/mol. The van der Waals surface area contributed by atoms with Gasteiger partial charge in [-0.25, -0.2) is 0 Å². The van der Waals surface area contributed by atoms with Gasteiger partial charge in [0.15, 0.2) is 0 Å². The van der Waals surface area contributed by atoms with Crippen LogP contribution in [0.2, 0.25) is 0 Å². The van der Waals surface area contributed by atoms with Crippen molar-refractivity contribution >= 4 is 17.9 Å². The summed E-state index contributed by atoms with van der Waals surface area (Å²) in [6.45, 7) is 6.37. The first-order valence-electron chi connectivity index (χ1n) is 11.7. The fourth-order valence-corrected chi connectivity index (χ4v) is 7.96. The third kappa shape index (κ3) is 3.87. The van der Waals surface area contributed by atoms with Gasteiger partial charge in [-0.05, 0) is 79.4 Å². The van der Waals surface area contributed by atoms with E-state index in [9.17, 15) is 24.6 Å². The first-order valence-corrected chi connectivity index (χ1v) is 11.7. The van der Waals surface area contributed by atoms with E-state index in [1.165, 1.54) is 0 Å². The van der Waals surface area contributed by atoms with Gasteiger partial charge in [-0.2, -0.15) is 0 Å². The first-order chi connectivity index (χ1) is 14.0. The molecule has 170 valence electrons. The first kappa shape index (κ1) is 23.1. The molecule has 3 saturated carbocycles. The maximum atomic E-state index is 12.6. The second kappa shape index (κ2) is 8.51. The Kier molecular flexibility index (Phi) is 6.54. The molecule has 3 N–H and O–H groups in total. The van der Waals surface area contributed by atoms with Gasteiger partial charge in [0.1, 0.15) is 0 Å². The molecule has 3 aliphatic rings. The molecule has 0 aromatic rings. The molecule has 3 aliphatic carbocycles. The maximum absolute atomic E-state index is 12.6. The van der Waals surface area contributed by atoms with Crippen molar-refractivity contribution in [3.05, 3.63) is 0 Å². The minimum absolute atomic E-state index is 0.0409. The van der Waals surface area contributed by atoms with E-state index in [2.05, 4.69) is 13.8 Å². The van der Waals surface area contributed by atoms with Gasteiger partial charge in [0.2, 0.25) is 0 Å². The van der Waals surface area contributed by atoms with E-state index in [-0.39, 0.29) is 29.6 Å². The Morgan fingerprint density at radius 2 is 1.53 bits per heavy atom. The van der Waals surface area contributed by atoms with Crippen LogP contribution in [0, 0.1) is 46.3 Å². The van der Waals surface area contributed by atoms with Crippen molar-refractivity contribution in [2.75, 3.05) is 0 Å². The van der Waals surface area contributed by atoms with Crippen LogP contribution in [0.5, 0.6) is 0 Å². The summed E-state index contributed by atoms with van der Waals surface area (Å²) in [5, 5.41) is 29.3. The van der Waals surface area contributed by atoms with Gasteiger partial charge >= 0.3 is 17.9 Å². The topological polar surface area (TPSA) is 112 Å². The molecule has 0 heterocycles. The van der Waals surface area contributed by atoms with Crippen molar-refractivity contribution in [1.29, 1.82) is 0 Å². The number of hydrogen-bond acceptors (Lipinski definition) is 3. The van der Waals surface area contributed by atoms with Gasteiger partial charge in [-0.15, -0.1) is 0 Å². The van der Waals surface area contributed by atoms with Crippen LogP contribution in [-0.4, -0.2) is 33.2 Å². The summed E-state index contributed by atoms with van der Waals surface area (Å²) in [5.41, 5.74) is -0.581. The van der Waals surface area contributed by atoms with Gasteiger partial charge in [0.25, 0.3) is 0 Å². The van der Waals surface area contributed by atoms with E-state index in [0.29, 0.717) is 18.8 Å². The molecule has 0 aromatic heterocycles. The zero-order valence-electron chi connectivity index (χ0n) is 18.6. The van der Waals surface area contributed by atoms with Gasteiger partial charge in [0, 0.05) is 6.42 Å². The van der Waals surface area contributed by atoms with Crippen LogP contribution >= 0.6 is 0 Å². The van der Waals surface area contributed by atoms with E-state index in [4.69, 9.17) is 5.11 Å². The Morgan fingerprint density at radius 1 is 0.867 bits per heavy atom. The van der Waals surface area contributed by atoms with Crippen LogP contribution in [0.25, 0.3) is 0 Å². The summed E-state index contributed by atoms with van der Waals surface area (Å²) < 4.78 is 0. The molecule has 0 radical (unpaired) electrons. The third-order valence-electron chi connectivity index (χ3n) is 9.53. The summed E-state index contributed by atoms with van der Waals surface area (Å²) in [6, 6.07) is 0. The Balaban J connectivity index is 1.88. The number of hydrogen-bond donors (Lipinski definition) is 3. The summed E-state index contributed by atoms with van der Waals surface area (Å²) in [5.74, 6) is -2.79. The maximum Gasteiger partial charge on any atom is 0.307 e. The largest absolute Gasteiger partial charge is 0.481 e. The Hall–Kier alpha value is -1.59. The van der Waals surface area contributed by atoms with Crippen molar-refractivity contribution in [3.8, 4) is 0 Å². The lowest BCUT2D eigenvalue weighted by Gasteiger charge is -2.55. The molecule has 0 bridgehead atoms. The lowest BCUT2D eigenvalue weighted by Crippen LogP contribution is -2.53. The SMILES string of the molecule is C[C@@H](CCC(=O)O)[C@@H]1CC[C@@H]2[C@@H](C(=O)O)[C@H]([C@@]3(C)CCCC[C@H]3C(=O)O)CC[C@@]21C. The van der Waals surface area contributed by atoms with Crippen LogP contribution in [-0.2, 0) is 14.4 Å². The average Bonchev–Trinajstić information content (AvgIpc) is 3.02. The minimum Gasteiger partial charge on any atom is -0.481 e. The quantitative estimate of drug-likeness (QED) is 0.537. The second-order valence-corrected chi connectivity index (χ2v) is 10.9. The Morgan fingerprint density at radius 3 is 2.13 bits per heavy atom. The molecule has 0 aliphatic heterocycles.